The van der Waals surface area contributed by atoms with Gasteiger partial charge in [-0.1, -0.05) is 43.7 Å². The van der Waals surface area contributed by atoms with Crippen LogP contribution in [0, 0.1) is 11.7 Å². The van der Waals surface area contributed by atoms with Crippen molar-refractivity contribution >= 4 is 16.9 Å². The summed E-state index contributed by atoms with van der Waals surface area (Å²) in [7, 11) is 0. The number of hydrogen-bond donors (Lipinski definition) is 1. The smallest absolute Gasteiger partial charge is 0.157 e. The highest BCUT2D eigenvalue weighted by atomic mass is 32.2. The predicted octanol–water partition coefficient (Wildman–Crippen LogP) is 4.53. The topological polar surface area (TPSA) is 24.4 Å². The minimum absolute atomic E-state index is 0.0664. The number of hydrogen-bond acceptors (Lipinski definition) is 2. The largest absolute Gasteiger partial charge is 0.359 e. The summed E-state index contributed by atoms with van der Waals surface area (Å²) in [4.78, 5) is 4.80. The molecule has 0 aromatic heterocycles. The van der Waals surface area contributed by atoms with Crippen molar-refractivity contribution in [2.75, 3.05) is 5.75 Å². The van der Waals surface area contributed by atoms with Gasteiger partial charge in [-0.25, -0.2) is 4.39 Å². The van der Waals surface area contributed by atoms with Crippen molar-refractivity contribution in [2.24, 2.45) is 10.9 Å². The Bertz CT molecular complexity index is 528. The van der Waals surface area contributed by atoms with Gasteiger partial charge < -0.3 is 5.32 Å². The molecular weight excluding hydrogens is 283 g/mol. The highest BCUT2D eigenvalue weighted by Gasteiger charge is 2.40. The number of halogens is 1. The molecule has 2 fully saturated rings. The zero-order chi connectivity index (χ0) is 14.9. The number of aliphatic imine (C=N–C) groups is 1. The van der Waals surface area contributed by atoms with Crippen LogP contribution in [0.2, 0.25) is 0 Å². The van der Waals surface area contributed by atoms with Crippen molar-refractivity contribution in [3.8, 4) is 0 Å². The van der Waals surface area contributed by atoms with Gasteiger partial charge in [0, 0.05) is 11.3 Å². The van der Waals surface area contributed by atoms with Gasteiger partial charge in [-0.15, -0.1) is 0 Å². The average Bonchev–Trinajstić information content (AvgIpc) is 2.81. The molecule has 3 atom stereocenters. The summed E-state index contributed by atoms with van der Waals surface area (Å²) in [5.41, 5.74) is 1.33. The Kier molecular flexibility index (Phi) is 4.25. The first-order valence-corrected chi connectivity index (χ1v) is 8.79. The van der Waals surface area contributed by atoms with E-state index in [-0.39, 0.29) is 17.4 Å². The lowest BCUT2D eigenvalue weighted by Gasteiger charge is -2.36. The molecule has 1 aromatic rings. The van der Waals surface area contributed by atoms with E-state index in [1.165, 1.54) is 37.8 Å². The zero-order valence-electron chi connectivity index (χ0n) is 12.7. The fraction of sp³-hybridized carbons (Fsp3) is 0.588. The summed E-state index contributed by atoms with van der Waals surface area (Å²) in [5, 5.41) is 4.74. The molecule has 21 heavy (non-hydrogen) atoms. The molecule has 1 heterocycles. The quantitative estimate of drug-likeness (QED) is 0.868. The van der Waals surface area contributed by atoms with Crippen LogP contribution in [0.15, 0.2) is 29.3 Å². The maximum Gasteiger partial charge on any atom is 0.157 e. The predicted molar refractivity (Wildman–Crippen MR) is 88.2 cm³/mol. The first kappa shape index (κ1) is 14.9. The molecule has 1 saturated heterocycles. The molecule has 1 aromatic carbocycles. The van der Waals surface area contributed by atoms with Crippen LogP contribution < -0.4 is 5.32 Å². The number of amidine groups is 1. The fourth-order valence-corrected chi connectivity index (χ4v) is 4.74. The zero-order valence-corrected chi connectivity index (χ0v) is 13.5. The normalized spacial score (nSPS) is 32.3. The molecule has 1 saturated carbocycles. The highest BCUT2D eigenvalue weighted by molar-refractivity contribution is 8.14. The Balaban J connectivity index is 1.69. The fourth-order valence-electron chi connectivity index (χ4n) is 3.47. The molecular formula is C17H23FN2S. The van der Waals surface area contributed by atoms with Gasteiger partial charge in [0.15, 0.2) is 5.17 Å². The van der Waals surface area contributed by atoms with Crippen molar-refractivity contribution in [1.82, 2.24) is 5.32 Å². The Hall–Kier alpha value is -1.03. The van der Waals surface area contributed by atoms with E-state index in [0.29, 0.717) is 0 Å². The number of rotatable bonds is 2. The molecule has 2 nitrogen and oxygen atoms in total. The highest BCUT2D eigenvalue weighted by Crippen LogP contribution is 2.39. The first-order valence-electron chi connectivity index (χ1n) is 7.81. The van der Waals surface area contributed by atoms with Gasteiger partial charge in [0.05, 0.1) is 6.04 Å². The second-order valence-electron chi connectivity index (χ2n) is 6.56. The van der Waals surface area contributed by atoms with E-state index < -0.39 is 0 Å². The second-order valence-corrected chi connectivity index (χ2v) is 7.52. The summed E-state index contributed by atoms with van der Waals surface area (Å²) < 4.78 is 13.0. The summed E-state index contributed by atoms with van der Waals surface area (Å²) in [6.07, 6.45) is 5.18. The Labute approximate surface area is 130 Å². The first-order chi connectivity index (χ1) is 10.1. The van der Waals surface area contributed by atoms with E-state index in [1.54, 1.807) is 0 Å². The Morgan fingerprint density at radius 2 is 2.14 bits per heavy atom. The monoisotopic (exact) mass is 306 g/mol. The molecule has 1 aliphatic heterocycles. The summed E-state index contributed by atoms with van der Waals surface area (Å²) >= 11 is 1.84. The van der Waals surface area contributed by atoms with Crippen molar-refractivity contribution in [3.05, 3.63) is 35.6 Å². The van der Waals surface area contributed by atoms with E-state index >= 15 is 0 Å². The number of benzene rings is 1. The molecule has 1 spiro atoms. The summed E-state index contributed by atoms with van der Waals surface area (Å²) in [6.45, 7) is 4.42. The third-order valence-corrected chi connectivity index (χ3v) is 5.79. The van der Waals surface area contributed by atoms with Gasteiger partial charge in [0.1, 0.15) is 5.82 Å². The van der Waals surface area contributed by atoms with Crippen LogP contribution >= 0.6 is 11.8 Å². The molecule has 4 heteroatoms. The van der Waals surface area contributed by atoms with Crippen molar-refractivity contribution in [3.63, 3.8) is 0 Å². The minimum Gasteiger partial charge on any atom is -0.359 e. The number of nitrogens with zero attached hydrogens (tertiary/aromatic N) is 1. The Morgan fingerprint density at radius 1 is 1.38 bits per heavy atom. The van der Waals surface area contributed by atoms with Crippen molar-refractivity contribution < 1.29 is 4.39 Å². The van der Waals surface area contributed by atoms with Gasteiger partial charge in [-0.05, 0) is 43.4 Å². The van der Waals surface area contributed by atoms with E-state index in [9.17, 15) is 4.39 Å². The second kappa shape index (κ2) is 5.99. The van der Waals surface area contributed by atoms with Crippen LogP contribution in [0.3, 0.4) is 0 Å². The van der Waals surface area contributed by atoms with Gasteiger partial charge >= 0.3 is 0 Å². The number of nitrogens with one attached hydrogen (secondary N) is 1. The van der Waals surface area contributed by atoms with Gasteiger partial charge in [-0.2, -0.15) is 0 Å². The molecule has 0 amide bonds. The van der Waals surface area contributed by atoms with E-state index in [2.05, 4.69) is 19.2 Å². The van der Waals surface area contributed by atoms with Crippen LogP contribution in [0.4, 0.5) is 4.39 Å². The van der Waals surface area contributed by atoms with E-state index in [4.69, 9.17) is 4.99 Å². The Morgan fingerprint density at radius 3 is 2.86 bits per heavy atom. The average molecular weight is 306 g/mol. The molecule has 1 aliphatic carbocycles. The maximum absolute atomic E-state index is 13.0. The summed E-state index contributed by atoms with van der Waals surface area (Å²) in [6, 6.07) is 6.72. The van der Waals surface area contributed by atoms with Crippen molar-refractivity contribution in [2.45, 2.75) is 51.1 Å². The third-order valence-electron chi connectivity index (χ3n) is 4.61. The van der Waals surface area contributed by atoms with Gasteiger partial charge in [0.25, 0.3) is 0 Å². The third kappa shape index (κ3) is 3.42. The van der Waals surface area contributed by atoms with E-state index in [1.807, 2.05) is 23.9 Å². The lowest BCUT2D eigenvalue weighted by atomic mass is 9.78. The molecule has 0 radical (unpaired) electrons. The standard InChI is InChI=1S/C17H23FN2S/c1-12-4-3-9-17(10-12)11-21-16(20-17)19-13(2)14-5-7-15(18)8-6-14/h5-8,12-13H,3-4,9-11H2,1-2H3,(H,19,20). The van der Waals surface area contributed by atoms with Crippen molar-refractivity contribution in [1.29, 1.82) is 0 Å². The van der Waals surface area contributed by atoms with Crippen LogP contribution in [0.25, 0.3) is 0 Å². The lowest BCUT2D eigenvalue weighted by Crippen LogP contribution is -2.47. The van der Waals surface area contributed by atoms with Crippen LogP contribution in [-0.2, 0) is 0 Å². The van der Waals surface area contributed by atoms with Crippen LogP contribution in [0.5, 0.6) is 0 Å². The summed E-state index contributed by atoms with van der Waals surface area (Å²) in [5.74, 6) is 1.74. The molecule has 3 unspecified atom stereocenters. The van der Waals surface area contributed by atoms with Crippen LogP contribution in [0.1, 0.15) is 51.1 Å². The lowest BCUT2D eigenvalue weighted by molar-refractivity contribution is 0.242. The molecule has 2 aliphatic rings. The minimum atomic E-state index is -0.192. The van der Waals surface area contributed by atoms with E-state index in [0.717, 1.165) is 22.4 Å². The van der Waals surface area contributed by atoms with Gasteiger partial charge in [0.2, 0.25) is 0 Å². The molecule has 0 bridgehead atoms. The number of thioether (sulfide) groups is 1. The molecule has 1 N–H and O–H groups in total. The van der Waals surface area contributed by atoms with Gasteiger partial charge in [-0.3, -0.25) is 4.99 Å². The maximum atomic E-state index is 13.0. The van der Waals surface area contributed by atoms with Crippen LogP contribution in [-0.4, -0.2) is 16.5 Å². The molecule has 3 rings (SSSR count). The molecule has 114 valence electrons. The SMILES string of the molecule is CC1CCCC2(CSC(=NC(C)c3ccc(F)cc3)N2)C1.